The lowest BCUT2D eigenvalue weighted by Crippen LogP contribution is -2.47. The first-order valence-corrected chi connectivity index (χ1v) is 13.4. The van der Waals surface area contributed by atoms with Crippen molar-refractivity contribution < 1.29 is 9.47 Å². The molecule has 0 amide bonds. The molecule has 206 valence electrons. The van der Waals surface area contributed by atoms with E-state index in [1.807, 2.05) is 0 Å². The number of methoxy groups -OCH3 is 1. The normalized spacial score (nSPS) is 23.5. The first-order valence-electron chi connectivity index (χ1n) is 13.4. The van der Waals surface area contributed by atoms with E-state index in [2.05, 4.69) is 80.9 Å². The largest absolute Gasteiger partial charge is 0.497 e. The molecule has 2 aromatic rings. The molecule has 37 heavy (non-hydrogen) atoms. The van der Waals surface area contributed by atoms with Gasteiger partial charge in [0.2, 0.25) is 0 Å². The zero-order valence-corrected chi connectivity index (χ0v) is 25.2. The van der Waals surface area contributed by atoms with E-state index in [4.69, 9.17) is 9.47 Å². The van der Waals surface area contributed by atoms with Crippen molar-refractivity contribution in [2.45, 2.75) is 65.5 Å². The van der Waals surface area contributed by atoms with Crippen LogP contribution in [0.1, 0.15) is 67.0 Å². The maximum atomic E-state index is 6.70. The molecule has 2 aromatic carbocycles. The van der Waals surface area contributed by atoms with Crippen LogP contribution >= 0.6 is 24.8 Å². The van der Waals surface area contributed by atoms with Crippen LogP contribution < -0.4 is 19.7 Å². The number of benzene rings is 2. The van der Waals surface area contributed by atoms with E-state index in [-0.39, 0.29) is 30.4 Å². The van der Waals surface area contributed by atoms with Crippen LogP contribution in [0.3, 0.4) is 0 Å². The van der Waals surface area contributed by atoms with Crippen molar-refractivity contribution >= 4 is 30.5 Å². The minimum Gasteiger partial charge on any atom is -0.497 e. The molecule has 0 spiro atoms. The zero-order valence-electron chi connectivity index (χ0n) is 23.5. The fourth-order valence-electron chi connectivity index (χ4n) is 6.97. The van der Waals surface area contributed by atoms with E-state index in [1.54, 1.807) is 7.11 Å². The predicted molar refractivity (Wildman–Crippen MR) is 159 cm³/mol. The number of nitrogens with zero attached hydrogens (tertiary/aromatic N) is 2. The van der Waals surface area contributed by atoms with Crippen molar-refractivity contribution in [3.05, 3.63) is 52.1 Å². The van der Waals surface area contributed by atoms with Crippen molar-refractivity contribution in [2.75, 3.05) is 51.3 Å². The number of rotatable bonds is 5. The second-order valence-corrected chi connectivity index (χ2v) is 11.4. The molecule has 5 rings (SSSR count). The molecular weight excluding hydrogens is 505 g/mol. The van der Waals surface area contributed by atoms with E-state index in [9.17, 15) is 0 Å². The molecule has 3 unspecified atom stereocenters. The number of hydrogen-bond donors (Lipinski definition) is 1. The van der Waals surface area contributed by atoms with Gasteiger partial charge in [0.05, 0.1) is 7.11 Å². The Labute approximate surface area is 236 Å². The monoisotopic (exact) mass is 549 g/mol. The molecule has 0 saturated carbocycles. The maximum absolute atomic E-state index is 6.70. The first kappa shape index (κ1) is 29.9. The van der Waals surface area contributed by atoms with Crippen LogP contribution in [0.5, 0.6) is 11.5 Å². The third-order valence-electron chi connectivity index (χ3n) is 9.03. The molecule has 0 aliphatic carbocycles. The molecule has 3 heterocycles. The van der Waals surface area contributed by atoms with Gasteiger partial charge >= 0.3 is 0 Å². The summed E-state index contributed by atoms with van der Waals surface area (Å²) in [5.41, 5.74) is 8.29. The van der Waals surface area contributed by atoms with Crippen LogP contribution in [0.4, 0.5) is 5.69 Å². The first-order chi connectivity index (χ1) is 16.7. The molecule has 0 radical (unpaired) electrons. The number of hydrogen-bond acceptors (Lipinski definition) is 5. The Morgan fingerprint density at radius 2 is 1.62 bits per heavy atom. The summed E-state index contributed by atoms with van der Waals surface area (Å²) in [6.45, 7) is 20.3. The number of ether oxygens (including phenoxy) is 2. The molecule has 0 bridgehead atoms. The van der Waals surface area contributed by atoms with E-state index in [1.165, 1.54) is 39.9 Å². The second-order valence-electron chi connectivity index (χ2n) is 11.4. The number of nitrogens with one attached hydrogen (secondary N) is 1. The summed E-state index contributed by atoms with van der Waals surface area (Å²) in [5.74, 6) is 3.17. The van der Waals surface area contributed by atoms with E-state index < -0.39 is 0 Å². The quantitative estimate of drug-likeness (QED) is 0.479. The Hall–Kier alpha value is -1.66. The zero-order chi connectivity index (χ0) is 24.9. The maximum Gasteiger partial charge on any atom is 0.127 e. The second kappa shape index (κ2) is 11.6. The van der Waals surface area contributed by atoms with Crippen molar-refractivity contribution in [2.24, 2.45) is 5.92 Å². The smallest absolute Gasteiger partial charge is 0.127 e. The van der Waals surface area contributed by atoms with E-state index in [0.717, 1.165) is 50.8 Å². The van der Waals surface area contributed by atoms with Crippen molar-refractivity contribution in [3.63, 3.8) is 0 Å². The highest BCUT2D eigenvalue weighted by molar-refractivity contribution is 5.85. The highest BCUT2D eigenvalue weighted by Gasteiger charge is 2.48. The van der Waals surface area contributed by atoms with Crippen LogP contribution in [0.15, 0.2) is 24.3 Å². The molecule has 3 aliphatic heterocycles. The van der Waals surface area contributed by atoms with Gasteiger partial charge in [-0.3, -0.25) is 4.90 Å². The average molecular weight is 551 g/mol. The third kappa shape index (κ3) is 5.30. The van der Waals surface area contributed by atoms with Gasteiger partial charge in [0, 0.05) is 49.4 Å². The lowest BCUT2D eigenvalue weighted by Gasteiger charge is -2.41. The highest BCUT2D eigenvalue weighted by atomic mass is 35.5. The van der Waals surface area contributed by atoms with Crippen LogP contribution in [0, 0.1) is 26.7 Å². The molecule has 2 fully saturated rings. The summed E-state index contributed by atoms with van der Waals surface area (Å²) in [5, 5.41) is 3.60. The molecule has 1 N–H and O–H groups in total. The van der Waals surface area contributed by atoms with Crippen LogP contribution in [0.2, 0.25) is 0 Å². The summed E-state index contributed by atoms with van der Waals surface area (Å²) >= 11 is 0. The van der Waals surface area contributed by atoms with Crippen LogP contribution in [-0.2, 0) is 0 Å². The minimum atomic E-state index is -0.161. The van der Waals surface area contributed by atoms with Gasteiger partial charge in [0.1, 0.15) is 17.1 Å². The van der Waals surface area contributed by atoms with E-state index >= 15 is 0 Å². The standard InChI is InChI=1S/C30H43N3O2.2ClH/c1-19-20(2)29-26(27(30(5,6)35-29)24-12-13-31-18-24)21(3)28(19)33-16-14-32(15-17-33)22(4)23-8-10-25(34-7)11-9-23;;/h8-11,22,24,27,31H,12-18H2,1-7H3;2*1H. The van der Waals surface area contributed by atoms with Gasteiger partial charge in [-0.2, -0.15) is 0 Å². The molecule has 3 aliphatic rings. The number of halogens is 2. The lowest BCUT2D eigenvalue weighted by atomic mass is 9.74. The number of fused-ring (bicyclic) bond motifs is 1. The van der Waals surface area contributed by atoms with Crippen molar-refractivity contribution in [1.29, 1.82) is 0 Å². The third-order valence-corrected chi connectivity index (χ3v) is 9.03. The average Bonchev–Trinajstić information content (AvgIpc) is 3.48. The van der Waals surface area contributed by atoms with Crippen LogP contribution in [0.25, 0.3) is 0 Å². The SMILES string of the molecule is COc1ccc(C(C)N2CCN(c3c(C)c(C)c4c(c3C)C(C3CCNC3)C(C)(C)O4)CC2)cc1.Cl.Cl. The number of anilines is 1. The number of piperazine rings is 1. The van der Waals surface area contributed by atoms with E-state index in [0.29, 0.717) is 17.9 Å². The Bertz CT molecular complexity index is 1080. The molecule has 7 heteroatoms. The fourth-order valence-corrected chi connectivity index (χ4v) is 6.97. The summed E-state index contributed by atoms with van der Waals surface area (Å²) < 4.78 is 12.0. The van der Waals surface area contributed by atoms with Crippen LogP contribution in [-0.4, -0.2) is 56.9 Å². The summed E-state index contributed by atoms with van der Waals surface area (Å²) in [6.07, 6.45) is 1.24. The Morgan fingerprint density at radius 1 is 0.973 bits per heavy atom. The summed E-state index contributed by atoms with van der Waals surface area (Å²) in [6, 6.07) is 8.95. The lowest BCUT2D eigenvalue weighted by molar-refractivity contribution is 0.0884. The summed E-state index contributed by atoms with van der Waals surface area (Å²) in [7, 11) is 1.72. The Morgan fingerprint density at radius 3 is 2.19 bits per heavy atom. The minimum absolute atomic E-state index is 0. The topological polar surface area (TPSA) is 37.0 Å². The van der Waals surface area contributed by atoms with Gasteiger partial charge in [0.25, 0.3) is 0 Å². The molecule has 0 aromatic heterocycles. The van der Waals surface area contributed by atoms with Gasteiger partial charge in [-0.1, -0.05) is 12.1 Å². The van der Waals surface area contributed by atoms with Crippen molar-refractivity contribution in [3.8, 4) is 11.5 Å². The molecule has 5 nitrogen and oxygen atoms in total. The fraction of sp³-hybridized carbons (Fsp3) is 0.600. The van der Waals surface area contributed by atoms with Gasteiger partial charge < -0.3 is 19.7 Å². The highest BCUT2D eigenvalue weighted by Crippen LogP contribution is 2.55. The van der Waals surface area contributed by atoms with Gasteiger partial charge in [0.15, 0.2) is 0 Å². The predicted octanol–water partition coefficient (Wildman–Crippen LogP) is 6.21. The van der Waals surface area contributed by atoms with Crippen molar-refractivity contribution in [1.82, 2.24) is 10.2 Å². The van der Waals surface area contributed by atoms with Gasteiger partial charge in [-0.05, 0) is 101 Å². The molecule has 3 atom stereocenters. The Kier molecular flexibility index (Phi) is 9.38. The Balaban J connectivity index is 0.00000190. The van der Waals surface area contributed by atoms with Gasteiger partial charge in [-0.25, -0.2) is 0 Å². The van der Waals surface area contributed by atoms with Gasteiger partial charge in [-0.15, -0.1) is 24.8 Å². The summed E-state index contributed by atoms with van der Waals surface area (Å²) in [4.78, 5) is 5.26. The molecular formula is C30H45Cl2N3O2. The molecule has 2 saturated heterocycles.